The molecule has 192 valence electrons. The molecule has 12 heteroatoms. The average Bonchev–Trinajstić information content (AvgIpc) is 3.13. The molecule has 0 radical (unpaired) electrons. The Hall–Kier alpha value is -3.70. The second-order valence-corrected chi connectivity index (χ2v) is 9.69. The number of nitrogens with zero attached hydrogens (tertiary/aromatic N) is 3. The first-order valence-corrected chi connectivity index (χ1v) is 12.9. The van der Waals surface area contributed by atoms with E-state index in [9.17, 15) is 9.59 Å². The molecule has 1 aromatic heterocycles. The van der Waals surface area contributed by atoms with Crippen molar-refractivity contribution in [3.63, 3.8) is 0 Å². The summed E-state index contributed by atoms with van der Waals surface area (Å²) in [5.74, 6) is 1.04. The zero-order chi connectivity index (χ0) is 25.9. The molecule has 1 unspecified atom stereocenters. The molecule has 2 N–H and O–H groups in total. The number of allylic oxidation sites excluding steroid dienone is 1. The van der Waals surface area contributed by atoms with Crippen molar-refractivity contribution in [2.45, 2.75) is 24.5 Å². The molecular formula is C25H24ClN5O5S. The molecule has 0 bridgehead atoms. The Morgan fingerprint density at radius 3 is 2.81 bits per heavy atom. The number of carbonyl (C=O) groups excluding carboxylic acids is 2. The third-order valence-electron chi connectivity index (χ3n) is 5.79. The Kier molecular flexibility index (Phi) is 7.24. The number of methoxy groups -OCH3 is 1. The predicted molar refractivity (Wildman–Crippen MR) is 139 cm³/mol. The minimum absolute atomic E-state index is 0.0587. The van der Waals surface area contributed by atoms with Crippen LogP contribution in [0, 0.1) is 0 Å². The van der Waals surface area contributed by atoms with Crippen LogP contribution in [-0.4, -0.2) is 52.7 Å². The van der Waals surface area contributed by atoms with Crippen molar-refractivity contribution < 1.29 is 23.8 Å². The molecule has 2 aromatic carbocycles. The zero-order valence-electron chi connectivity index (χ0n) is 20.1. The largest absolute Gasteiger partial charge is 0.490 e. The lowest BCUT2D eigenvalue weighted by Gasteiger charge is -2.29. The molecule has 10 nitrogen and oxygen atoms in total. The van der Waals surface area contributed by atoms with Gasteiger partial charge in [0.05, 0.1) is 31.6 Å². The van der Waals surface area contributed by atoms with Crippen LogP contribution in [0.25, 0.3) is 0 Å². The summed E-state index contributed by atoms with van der Waals surface area (Å²) in [6, 6.07) is 11.9. The highest BCUT2D eigenvalue weighted by atomic mass is 35.5. The summed E-state index contributed by atoms with van der Waals surface area (Å²) in [5, 5.41) is 11.6. The minimum atomic E-state index is -0.632. The van der Waals surface area contributed by atoms with Crippen LogP contribution in [0.4, 0.5) is 11.6 Å². The number of amides is 1. The fourth-order valence-electron chi connectivity index (χ4n) is 4.09. The third-order valence-corrected chi connectivity index (χ3v) is 6.84. The van der Waals surface area contributed by atoms with Crippen LogP contribution in [-0.2, 0) is 14.3 Å². The van der Waals surface area contributed by atoms with Crippen LogP contribution in [0.2, 0.25) is 5.02 Å². The number of hydrogen-bond donors (Lipinski definition) is 2. The number of aromatic nitrogens is 3. The normalized spacial score (nSPS) is 16.4. The molecule has 2 aliphatic heterocycles. The van der Waals surface area contributed by atoms with Crippen molar-refractivity contribution in [2.24, 2.45) is 0 Å². The Morgan fingerprint density at radius 1 is 1.22 bits per heavy atom. The number of nitrogens with one attached hydrogen (secondary N) is 2. The van der Waals surface area contributed by atoms with Crippen LogP contribution in [0.3, 0.4) is 0 Å². The average molecular weight is 542 g/mol. The fourth-order valence-corrected chi connectivity index (χ4v) is 4.94. The maximum absolute atomic E-state index is 13.7. The van der Waals surface area contributed by atoms with Gasteiger partial charge in [-0.1, -0.05) is 35.5 Å². The summed E-state index contributed by atoms with van der Waals surface area (Å²) in [6.45, 7) is 2.91. The molecule has 0 aliphatic carbocycles. The van der Waals surface area contributed by atoms with Crippen molar-refractivity contribution in [1.29, 1.82) is 0 Å². The van der Waals surface area contributed by atoms with Gasteiger partial charge >= 0.3 is 5.97 Å². The Labute approximate surface area is 222 Å². The maximum Gasteiger partial charge on any atom is 0.316 e. The lowest BCUT2D eigenvalue weighted by atomic mass is 9.94. The lowest BCUT2D eigenvalue weighted by molar-refractivity contribution is -0.137. The van der Waals surface area contributed by atoms with E-state index in [2.05, 4.69) is 20.7 Å². The molecule has 5 rings (SSSR count). The number of esters is 1. The monoisotopic (exact) mass is 541 g/mol. The molecule has 0 saturated heterocycles. The smallest absolute Gasteiger partial charge is 0.316 e. The number of fused-ring (bicyclic) bond motifs is 2. The molecule has 3 aromatic rings. The molecule has 2 aliphatic rings. The molecule has 1 atom stereocenters. The lowest BCUT2D eigenvalue weighted by Crippen LogP contribution is -2.31. The van der Waals surface area contributed by atoms with Gasteiger partial charge in [-0.25, -0.2) is 4.68 Å². The number of anilines is 2. The maximum atomic E-state index is 13.7. The summed E-state index contributed by atoms with van der Waals surface area (Å²) in [4.78, 5) is 29.8. The Balaban J connectivity index is 1.55. The molecule has 0 fully saturated rings. The van der Waals surface area contributed by atoms with Crippen molar-refractivity contribution in [2.75, 3.05) is 36.7 Å². The van der Waals surface area contributed by atoms with Crippen molar-refractivity contribution in [1.82, 2.24) is 14.8 Å². The van der Waals surface area contributed by atoms with E-state index in [1.54, 1.807) is 28.9 Å². The first-order chi connectivity index (χ1) is 17.9. The molecule has 1 amide bonds. The van der Waals surface area contributed by atoms with Crippen LogP contribution in [0.15, 0.2) is 58.9 Å². The summed E-state index contributed by atoms with van der Waals surface area (Å²) >= 11 is 7.27. The Morgan fingerprint density at radius 2 is 2.03 bits per heavy atom. The van der Waals surface area contributed by atoms with E-state index in [1.165, 1.54) is 7.11 Å². The molecule has 0 saturated carbocycles. The quantitative estimate of drug-likeness (QED) is 0.348. The van der Waals surface area contributed by atoms with Gasteiger partial charge in [0.1, 0.15) is 6.04 Å². The minimum Gasteiger partial charge on any atom is -0.490 e. The highest BCUT2D eigenvalue weighted by Gasteiger charge is 2.35. The van der Waals surface area contributed by atoms with E-state index in [4.69, 9.17) is 25.8 Å². The summed E-state index contributed by atoms with van der Waals surface area (Å²) in [7, 11) is 1.33. The molecule has 3 heterocycles. The first-order valence-electron chi connectivity index (χ1n) is 11.5. The van der Waals surface area contributed by atoms with Gasteiger partial charge in [-0.2, -0.15) is 4.98 Å². The summed E-state index contributed by atoms with van der Waals surface area (Å²) < 4.78 is 18.1. The molecule has 37 heavy (non-hydrogen) atoms. The van der Waals surface area contributed by atoms with Gasteiger partial charge in [0.25, 0.3) is 5.91 Å². The topological polar surface area (TPSA) is 117 Å². The van der Waals surface area contributed by atoms with Crippen LogP contribution in [0.5, 0.6) is 11.5 Å². The number of carbonyl (C=O) groups is 2. The van der Waals surface area contributed by atoms with E-state index in [1.807, 2.05) is 25.1 Å². The van der Waals surface area contributed by atoms with E-state index >= 15 is 0 Å². The first kappa shape index (κ1) is 25.0. The molecular weight excluding hydrogens is 518 g/mol. The Bertz CT molecular complexity index is 1390. The number of benzene rings is 2. The molecule has 0 spiro atoms. The zero-order valence-corrected chi connectivity index (χ0v) is 21.7. The van der Waals surface area contributed by atoms with Gasteiger partial charge in [0.2, 0.25) is 11.1 Å². The second kappa shape index (κ2) is 10.7. The third kappa shape index (κ3) is 5.37. The summed E-state index contributed by atoms with van der Waals surface area (Å²) in [6.07, 6.45) is 0.775. The van der Waals surface area contributed by atoms with Crippen molar-refractivity contribution in [3.05, 3.63) is 64.3 Å². The van der Waals surface area contributed by atoms with Gasteiger partial charge in [-0.3, -0.25) is 9.59 Å². The number of ether oxygens (including phenoxy) is 3. The van der Waals surface area contributed by atoms with E-state index < -0.39 is 6.04 Å². The van der Waals surface area contributed by atoms with Crippen molar-refractivity contribution in [3.8, 4) is 11.5 Å². The number of thioether (sulfide) groups is 1. The van der Waals surface area contributed by atoms with Gasteiger partial charge in [0, 0.05) is 22.8 Å². The van der Waals surface area contributed by atoms with E-state index in [0.29, 0.717) is 57.8 Å². The fraction of sp³-hybridized carbons (Fsp3) is 0.280. The van der Waals surface area contributed by atoms with Gasteiger partial charge < -0.3 is 24.8 Å². The number of hydrogen-bond acceptors (Lipinski definition) is 9. The van der Waals surface area contributed by atoms with Gasteiger partial charge in [-0.15, -0.1) is 5.10 Å². The number of halogens is 1. The van der Waals surface area contributed by atoms with Gasteiger partial charge in [-0.05, 0) is 42.8 Å². The summed E-state index contributed by atoms with van der Waals surface area (Å²) in [5.41, 5.74) is 2.38. The SMILES string of the molecule is COC(=O)CSc1nc2n(n1)C(c1ccc3c(c1)OCCCO3)C(C(=O)Nc1cccc(Cl)c1)=C(C)N2. The predicted octanol–water partition coefficient (Wildman–Crippen LogP) is 4.29. The highest BCUT2D eigenvalue weighted by molar-refractivity contribution is 7.99. The van der Waals surface area contributed by atoms with Crippen LogP contribution in [0.1, 0.15) is 24.9 Å². The van der Waals surface area contributed by atoms with Crippen LogP contribution >= 0.6 is 23.4 Å². The standard InChI is InChI=1S/C25H24ClN5O5S/c1-14-21(23(33)28-17-6-3-5-16(26)12-17)22(15-7-8-18-19(11-15)36-10-4-9-35-18)31-24(27-14)29-25(30-31)37-13-20(32)34-2/h3,5-8,11-12,22H,4,9-10,13H2,1-2H3,(H,28,33)(H,27,29,30). The van der Waals surface area contributed by atoms with E-state index in [0.717, 1.165) is 23.7 Å². The van der Waals surface area contributed by atoms with E-state index in [-0.39, 0.29) is 17.6 Å². The van der Waals surface area contributed by atoms with Gasteiger partial charge in [0.15, 0.2) is 11.5 Å². The van der Waals surface area contributed by atoms with Crippen LogP contribution < -0.4 is 20.1 Å². The number of rotatable bonds is 6. The van der Waals surface area contributed by atoms with Crippen molar-refractivity contribution >= 4 is 46.9 Å². The highest BCUT2D eigenvalue weighted by Crippen LogP contribution is 2.40. The second-order valence-electron chi connectivity index (χ2n) is 8.31.